The third-order valence-corrected chi connectivity index (χ3v) is 4.34. The van der Waals surface area contributed by atoms with Gasteiger partial charge < -0.3 is 15.4 Å². The summed E-state index contributed by atoms with van der Waals surface area (Å²) in [6.07, 6.45) is 0.278. The number of nitrogens with one attached hydrogen (secondary N) is 2. The largest absolute Gasteiger partial charge is 0.429 e. The Labute approximate surface area is 183 Å². The van der Waals surface area contributed by atoms with Crippen molar-refractivity contribution in [3.05, 3.63) is 52.8 Å². The number of aromatic nitrogens is 5. The van der Waals surface area contributed by atoms with Crippen LogP contribution < -0.4 is 15.4 Å². The highest BCUT2D eigenvalue weighted by Gasteiger charge is 2.33. The summed E-state index contributed by atoms with van der Waals surface area (Å²) >= 11 is 11.9. The van der Waals surface area contributed by atoms with Crippen molar-refractivity contribution in [1.82, 2.24) is 30.0 Å². The summed E-state index contributed by atoms with van der Waals surface area (Å²) in [6, 6.07) is 2.34. The molecular formula is C17H14Cl2F3N7O2. The molecule has 2 heterocycles. The zero-order chi connectivity index (χ0) is 22.6. The summed E-state index contributed by atoms with van der Waals surface area (Å²) in [7, 11) is 0. The molecule has 3 aromatic rings. The van der Waals surface area contributed by atoms with E-state index in [2.05, 4.69) is 35.4 Å². The molecule has 2 aromatic heterocycles. The Morgan fingerprint density at radius 1 is 1.23 bits per heavy atom. The van der Waals surface area contributed by atoms with Gasteiger partial charge in [0.15, 0.2) is 12.5 Å². The average Bonchev–Trinajstić information content (AvgIpc) is 3.22. The first-order chi connectivity index (χ1) is 14.7. The second kappa shape index (κ2) is 9.35. The third-order valence-electron chi connectivity index (χ3n) is 3.74. The van der Waals surface area contributed by atoms with Crippen molar-refractivity contribution in [3.8, 4) is 11.7 Å². The van der Waals surface area contributed by atoms with E-state index >= 15 is 0 Å². The van der Waals surface area contributed by atoms with E-state index in [0.717, 1.165) is 12.1 Å². The van der Waals surface area contributed by atoms with Crippen LogP contribution in [0.5, 0.6) is 5.75 Å². The molecule has 0 radical (unpaired) electrons. The molecule has 0 fully saturated rings. The maximum Gasteiger partial charge on any atom is 0.427 e. The molecule has 31 heavy (non-hydrogen) atoms. The first-order valence-corrected chi connectivity index (χ1v) is 9.32. The normalized spacial score (nSPS) is 12.3. The first kappa shape index (κ1) is 22.6. The van der Waals surface area contributed by atoms with Crippen molar-refractivity contribution in [2.75, 3.05) is 12.0 Å². The van der Waals surface area contributed by atoms with Gasteiger partial charge in [-0.05, 0) is 19.1 Å². The molecule has 0 aliphatic rings. The summed E-state index contributed by atoms with van der Waals surface area (Å²) < 4.78 is 44.0. The van der Waals surface area contributed by atoms with Gasteiger partial charge in [-0.2, -0.15) is 18.6 Å². The van der Waals surface area contributed by atoms with E-state index in [4.69, 9.17) is 23.2 Å². The predicted molar refractivity (Wildman–Crippen MR) is 106 cm³/mol. The fourth-order valence-electron chi connectivity index (χ4n) is 2.41. The van der Waals surface area contributed by atoms with Crippen LogP contribution in [-0.2, 0) is 0 Å². The minimum atomic E-state index is -4.06. The van der Waals surface area contributed by atoms with Gasteiger partial charge in [-0.1, -0.05) is 23.2 Å². The second-order valence-electron chi connectivity index (χ2n) is 6.03. The van der Waals surface area contributed by atoms with Crippen LogP contribution in [0.15, 0.2) is 36.9 Å². The number of hydrogen-bond donors (Lipinski definition) is 2. The molecule has 0 saturated carbocycles. The van der Waals surface area contributed by atoms with Crippen LogP contribution in [-0.4, -0.2) is 43.5 Å². The second-order valence-corrected chi connectivity index (χ2v) is 6.85. The third kappa shape index (κ3) is 5.52. The van der Waals surface area contributed by atoms with Gasteiger partial charge in [0.1, 0.15) is 12.1 Å². The molecule has 0 spiro atoms. The van der Waals surface area contributed by atoms with Gasteiger partial charge >= 0.3 is 12.1 Å². The summed E-state index contributed by atoms with van der Waals surface area (Å²) in [5.74, 6) is 0.0758. The smallest absolute Gasteiger partial charge is 0.427 e. The Kier molecular flexibility index (Phi) is 6.81. The monoisotopic (exact) mass is 475 g/mol. The Balaban J connectivity index is 1.70. The lowest BCUT2D eigenvalue weighted by Gasteiger charge is -2.18. The Hall–Kier alpha value is -3.12. The SMILES string of the molecule is C[C@H](NC(=O)Nc1cc(Cl)c(OC(F)(F)CF)cc1Cl)c1ncnn1-c1ncccn1. The highest BCUT2D eigenvalue weighted by molar-refractivity contribution is 6.36. The molecule has 3 rings (SSSR count). The number of halogens is 5. The Morgan fingerprint density at radius 3 is 2.61 bits per heavy atom. The molecule has 0 saturated heterocycles. The zero-order valence-corrected chi connectivity index (χ0v) is 17.2. The highest BCUT2D eigenvalue weighted by atomic mass is 35.5. The van der Waals surface area contributed by atoms with Crippen LogP contribution in [0.25, 0.3) is 5.95 Å². The summed E-state index contributed by atoms with van der Waals surface area (Å²) in [5, 5.41) is 8.63. The molecule has 2 N–H and O–H groups in total. The van der Waals surface area contributed by atoms with Gasteiger partial charge in [0, 0.05) is 18.5 Å². The van der Waals surface area contributed by atoms with Crippen molar-refractivity contribution in [1.29, 1.82) is 0 Å². The Bertz CT molecular complexity index is 1070. The number of alkyl halides is 3. The van der Waals surface area contributed by atoms with E-state index in [1.807, 2.05) is 0 Å². The molecule has 0 bridgehead atoms. The minimum Gasteiger partial charge on any atom is -0.429 e. The fraction of sp³-hybridized carbons (Fsp3) is 0.235. The van der Waals surface area contributed by atoms with Crippen LogP contribution in [0, 0.1) is 0 Å². The average molecular weight is 476 g/mol. The van der Waals surface area contributed by atoms with Crippen molar-refractivity contribution < 1.29 is 22.7 Å². The number of anilines is 1. The molecular weight excluding hydrogens is 462 g/mol. The van der Waals surface area contributed by atoms with Gasteiger partial charge in [0.05, 0.1) is 21.8 Å². The van der Waals surface area contributed by atoms with E-state index in [1.165, 1.54) is 23.4 Å². The lowest BCUT2D eigenvalue weighted by atomic mass is 10.3. The minimum absolute atomic E-state index is 0.0140. The molecule has 14 heteroatoms. The number of benzene rings is 1. The highest BCUT2D eigenvalue weighted by Crippen LogP contribution is 2.36. The van der Waals surface area contributed by atoms with Crippen molar-refractivity contribution in [2.45, 2.75) is 19.1 Å². The number of hydrogen-bond acceptors (Lipinski definition) is 6. The first-order valence-electron chi connectivity index (χ1n) is 8.57. The zero-order valence-electron chi connectivity index (χ0n) is 15.7. The molecule has 164 valence electrons. The van der Waals surface area contributed by atoms with Gasteiger partial charge in [-0.15, -0.1) is 0 Å². The van der Waals surface area contributed by atoms with Crippen molar-refractivity contribution in [3.63, 3.8) is 0 Å². The summed E-state index contributed by atoms with van der Waals surface area (Å²) in [4.78, 5) is 24.6. The van der Waals surface area contributed by atoms with Crippen molar-refractivity contribution in [2.24, 2.45) is 0 Å². The number of ether oxygens (including phenoxy) is 1. The van der Waals surface area contributed by atoms with E-state index < -0.39 is 30.6 Å². The molecule has 0 aliphatic carbocycles. The number of nitrogens with zero attached hydrogens (tertiary/aromatic N) is 5. The van der Waals surface area contributed by atoms with Crippen LogP contribution in [0.4, 0.5) is 23.7 Å². The molecule has 9 nitrogen and oxygen atoms in total. The maximum atomic E-state index is 13.1. The number of amides is 2. The van der Waals surface area contributed by atoms with Crippen LogP contribution in [0.1, 0.15) is 18.8 Å². The quantitative estimate of drug-likeness (QED) is 0.530. The fourth-order valence-corrected chi connectivity index (χ4v) is 2.81. The van der Waals surface area contributed by atoms with Gasteiger partial charge in [0.2, 0.25) is 0 Å². The molecule has 1 atom stereocenters. The van der Waals surface area contributed by atoms with E-state index in [1.54, 1.807) is 13.0 Å². The molecule has 1 aromatic carbocycles. The van der Waals surface area contributed by atoms with Gasteiger partial charge in [-0.3, -0.25) is 0 Å². The van der Waals surface area contributed by atoms with Crippen molar-refractivity contribution >= 4 is 34.9 Å². The molecule has 0 aliphatic heterocycles. The van der Waals surface area contributed by atoms with Gasteiger partial charge in [-0.25, -0.2) is 24.1 Å². The van der Waals surface area contributed by atoms with E-state index in [0.29, 0.717) is 5.82 Å². The van der Waals surface area contributed by atoms with Crippen LogP contribution >= 0.6 is 23.2 Å². The lowest BCUT2D eigenvalue weighted by molar-refractivity contribution is -0.186. The molecule has 2 amide bonds. The van der Waals surface area contributed by atoms with E-state index in [-0.39, 0.29) is 21.7 Å². The predicted octanol–water partition coefficient (Wildman–Crippen LogP) is 4.19. The standard InChI is InChI=1S/C17H14Cl2F3N7O2/c1-9(14-25-8-26-29(14)15-23-3-2-4-24-15)27-16(30)28-12-5-11(19)13(6-10(12)18)31-17(21,22)7-20/h2-6,8-9H,7H2,1H3,(H2,27,28,30)/t9-/m0/s1. The Morgan fingerprint density at radius 2 is 1.94 bits per heavy atom. The summed E-state index contributed by atoms with van der Waals surface area (Å²) in [5.41, 5.74) is 0.0140. The van der Waals surface area contributed by atoms with Crippen LogP contribution in [0.3, 0.4) is 0 Å². The number of rotatable bonds is 7. The summed E-state index contributed by atoms with van der Waals surface area (Å²) in [6.45, 7) is -0.395. The number of carbonyl (C=O) groups is 1. The lowest BCUT2D eigenvalue weighted by Crippen LogP contribution is -2.33. The van der Waals surface area contributed by atoms with Gasteiger partial charge in [0.25, 0.3) is 5.95 Å². The van der Waals surface area contributed by atoms with Crippen LogP contribution in [0.2, 0.25) is 10.0 Å². The topological polar surface area (TPSA) is 107 Å². The van der Waals surface area contributed by atoms with E-state index in [9.17, 15) is 18.0 Å². The number of urea groups is 1. The number of carbonyl (C=O) groups excluding carboxylic acids is 1. The maximum absolute atomic E-state index is 13.1. The molecule has 0 unspecified atom stereocenters.